The Morgan fingerprint density at radius 1 is 1.09 bits per heavy atom. The second-order valence-corrected chi connectivity index (χ2v) is 8.16. The highest BCUT2D eigenvalue weighted by Gasteiger charge is 2.14. The topological polar surface area (TPSA) is 82.3 Å². The first kappa shape index (κ1) is 24.2. The van der Waals surface area contributed by atoms with Crippen molar-refractivity contribution in [1.29, 1.82) is 0 Å². The second-order valence-electron chi connectivity index (χ2n) is 7.75. The number of fused-ring (bicyclic) bond motifs is 1. The van der Waals surface area contributed by atoms with Crippen LogP contribution in [0.15, 0.2) is 70.2 Å². The summed E-state index contributed by atoms with van der Waals surface area (Å²) in [6, 6.07) is 18.5. The van der Waals surface area contributed by atoms with E-state index >= 15 is 0 Å². The largest absolute Gasteiger partial charge is 0.494 e. The van der Waals surface area contributed by atoms with Gasteiger partial charge in [-0.1, -0.05) is 41.4 Å². The van der Waals surface area contributed by atoms with Gasteiger partial charge in [-0.15, -0.1) is 0 Å². The minimum atomic E-state index is -0.480. The molecular weight excluding hydrogens is 468 g/mol. The molecule has 0 unspecified atom stereocenters. The molecule has 0 aliphatic rings. The molecule has 180 valence electrons. The van der Waals surface area contributed by atoms with E-state index in [0.29, 0.717) is 46.6 Å². The number of halogens is 1. The summed E-state index contributed by atoms with van der Waals surface area (Å²) >= 11 is 6.44. The smallest absolute Gasteiger partial charge is 0.307 e. The summed E-state index contributed by atoms with van der Waals surface area (Å²) in [5, 5.41) is 5.15. The average molecular weight is 493 g/mol. The van der Waals surface area contributed by atoms with Gasteiger partial charge in [0.25, 0.3) is 0 Å². The Bertz CT molecular complexity index is 1360. The maximum Gasteiger partial charge on any atom is 0.307 e. The van der Waals surface area contributed by atoms with E-state index in [9.17, 15) is 4.79 Å². The van der Waals surface area contributed by atoms with Gasteiger partial charge in [0.15, 0.2) is 17.3 Å². The van der Waals surface area contributed by atoms with Crippen LogP contribution in [-0.2, 0) is 6.61 Å². The summed E-state index contributed by atoms with van der Waals surface area (Å²) in [6.45, 7) is 4.84. The van der Waals surface area contributed by atoms with Crippen LogP contribution in [0.5, 0.6) is 17.2 Å². The lowest BCUT2D eigenvalue weighted by atomic mass is 10.1. The first-order chi connectivity index (χ1) is 17.0. The van der Waals surface area contributed by atoms with Crippen molar-refractivity contribution in [2.24, 2.45) is 5.10 Å². The highest BCUT2D eigenvalue weighted by Crippen LogP contribution is 2.36. The molecule has 0 saturated heterocycles. The highest BCUT2D eigenvalue weighted by atomic mass is 35.5. The summed E-state index contributed by atoms with van der Waals surface area (Å²) < 4.78 is 22.4. The van der Waals surface area contributed by atoms with E-state index in [4.69, 9.17) is 30.2 Å². The van der Waals surface area contributed by atoms with Gasteiger partial charge in [0.05, 0.1) is 25.0 Å². The molecule has 7 nitrogen and oxygen atoms in total. The van der Waals surface area contributed by atoms with Crippen LogP contribution >= 0.6 is 11.6 Å². The number of carbonyl (C=O) groups is 1. The van der Waals surface area contributed by atoms with Gasteiger partial charge >= 0.3 is 5.91 Å². The number of rotatable bonds is 9. The van der Waals surface area contributed by atoms with Crippen molar-refractivity contribution in [2.45, 2.75) is 20.5 Å². The minimum absolute atomic E-state index is 0.140. The molecule has 0 fully saturated rings. The number of nitrogens with one attached hydrogen (secondary N) is 1. The van der Waals surface area contributed by atoms with Crippen LogP contribution in [0.4, 0.5) is 0 Å². The molecule has 0 spiro atoms. The molecule has 0 saturated carbocycles. The van der Waals surface area contributed by atoms with E-state index in [-0.39, 0.29) is 5.76 Å². The Morgan fingerprint density at radius 2 is 1.89 bits per heavy atom. The van der Waals surface area contributed by atoms with Gasteiger partial charge in [0, 0.05) is 5.39 Å². The number of hydrazone groups is 1. The lowest BCUT2D eigenvalue weighted by Crippen LogP contribution is -2.16. The molecule has 0 radical (unpaired) electrons. The van der Waals surface area contributed by atoms with Crippen molar-refractivity contribution < 1.29 is 23.4 Å². The summed E-state index contributed by atoms with van der Waals surface area (Å²) in [6.07, 6.45) is 1.46. The molecule has 0 atom stereocenters. The number of nitrogens with zero attached hydrogens (tertiary/aromatic N) is 1. The van der Waals surface area contributed by atoms with Crippen LogP contribution in [0.2, 0.25) is 5.02 Å². The van der Waals surface area contributed by atoms with E-state index in [0.717, 1.165) is 10.9 Å². The molecule has 4 aromatic rings. The van der Waals surface area contributed by atoms with Gasteiger partial charge in [-0.3, -0.25) is 4.79 Å². The van der Waals surface area contributed by atoms with Crippen LogP contribution in [-0.4, -0.2) is 25.8 Å². The third-order valence-corrected chi connectivity index (χ3v) is 5.44. The van der Waals surface area contributed by atoms with E-state index < -0.39 is 5.91 Å². The van der Waals surface area contributed by atoms with Crippen LogP contribution in [0.3, 0.4) is 0 Å². The molecule has 0 aliphatic heterocycles. The van der Waals surface area contributed by atoms with E-state index in [1.165, 1.54) is 18.9 Å². The van der Waals surface area contributed by atoms with Gasteiger partial charge in [-0.05, 0) is 61.4 Å². The first-order valence-electron chi connectivity index (χ1n) is 11.0. The number of aryl methyl sites for hydroxylation is 1. The van der Waals surface area contributed by atoms with Crippen LogP contribution in [0.25, 0.3) is 11.0 Å². The van der Waals surface area contributed by atoms with Gasteiger partial charge < -0.3 is 18.6 Å². The highest BCUT2D eigenvalue weighted by molar-refractivity contribution is 6.32. The van der Waals surface area contributed by atoms with Crippen molar-refractivity contribution in [1.82, 2.24) is 5.43 Å². The van der Waals surface area contributed by atoms with E-state index in [2.05, 4.69) is 10.5 Å². The van der Waals surface area contributed by atoms with Gasteiger partial charge in [-0.2, -0.15) is 5.10 Å². The number of methoxy groups -OCH3 is 1. The van der Waals surface area contributed by atoms with E-state index in [1.54, 1.807) is 30.3 Å². The molecule has 0 aliphatic carbocycles. The first-order valence-corrected chi connectivity index (χ1v) is 11.4. The van der Waals surface area contributed by atoms with E-state index in [1.807, 2.05) is 44.2 Å². The van der Waals surface area contributed by atoms with Crippen molar-refractivity contribution in [3.63, 3.8) is 0 Å². The molecule has 1 aromatic heterocycles. The standard InChI is InChI=1S/C27H25ClN2O5/c1-4-33-21-9-10-23-20(13-21)14-25(35-23)27(31)30-29-15-19-11-22(28)26(24(12-19)32-3)34-16-18-7-5-17(2)6-8-18/h5-15H,4,16H2,1-3H3,(H,30,31)/b29-15+. The molecule has 1 N–H and O–H groups in total. The summed E-state index contributed by atoms with van der Waals surface area (Å²) in [4.78, 5) is 12.5. The van der Waals surface area contributed by atoms with Gasteiger partial charge in [0.2, 0.25) is 0 Å². The minimum Gasteiger partial charge on any atom is -0.494 e. The second kappa shape index (κ2) is 11.0. The number of ether oxygens (including phenoxy) is 3. The van der Waals surface area contributed by atoms with Crippen molar-refractivity contribution in [2.75, 3.05) is 13.7 Å². The quantitative estimate of drug-likeness (QED) is 0.224. The SMILES string of the molecule is CCOc1ccc2oc(C(=O)N/N=C/c3cc(Cl)c(OCc4ccc(C)cc4)c(OC)c3)cc2c1. The summed E-state index contributed by atoms with van der Waals surface area (Å²) in [7, 11) is 1.53. The maximum absolute atomic E-state index is 12.5. The van der Waals surface area contributed by atoms with Crippen LogP contribution in [0, 0.1) is 6.92 Å². The predicted molar refractivity (Wildman–Crippen MR) is 136 cm³/mol. The molecule has 4 rings (SSSR count). The Labute approximate surface area is 208 Å². The van der Waals surface area contributed by atoms with Crippen molar-refractivity contribution in [3.05, 3.63) is 88.1 Å². The fraction of sp³-hybridized carbons (Fsp3) is 0.185. The third kappa shape index (κ3) is 5.94. The number of benzene rings is 3. The zero-order chi connectivity index (χ0) is 24.8. The number of carbonyl (C=O) groups excluding carboxylic acids is 1. The van der Waals surface area contributed by atoms with Gasteiger partial charge in [-0.25, -0.2) is 5.43 Å². The monoisotopic (exact) mass is 492 g/mol. The van der Waals surface area contributed by atoms with Crippen molar-refractivity contribution in [3.8, 4) is 17.2 Å². The third-order valence-electron chi connectivity index (χ3n) is 5.16. The maximum atomic E-state index is 12.5. The molecule has 8 heteroatoms. The average Bonchev–Trinajstić information content (AvgIpc) is 3.28. The Balaban J connectivity index is 1.42. The van der Waals surface area contributed by atoms with Gasteiger partial charge in [0.1, 0.15) is 17.9 Å². The lowest BCUT2D eigenvalue weighted by Gasteiger charge is -2.13. The zero-order valence-electron chi connectivity index (χ0n) is 19.6. The Kier molecular flexibility index (Phi) is 7.57. The zero-order valence-corrected chi connectivity index (χ0v) is 20.4. The number of hydrogen-bond acceptors (Lipinski definition) is 6. The molecule has 3 aromatic carbocycles. The van der Waals surface area contributed by atoms with Crippen molar-refractivity contribution >= 4 is 34.7 Å². The predicted octanol–water partition coefficient (Wildman–Crippen LogP) is 6.14. The fourth-order valence-corrected chi connectivity index (χ4v) is 3.68. The Morgan fingerprint density at radius 3 is 2.63 bits per heavy atom. The van der Waals surface area contributed by atoms with Crippen LogP contribution in [0.1, 0.15) is 34.2 Å². The molecule has 35 heavy (non-hydrogen) atoms. The number of hydrogen-bond donors (Lipinski definition) is 1. The fourth-order valence-electron chi connectivity index (χ4n) is 3.40. The normalized spacial score (nSPS) is 11.1. The van der Waals surface area contributed by atoms with Crippen LogP contribution < -0.4 is 19.6 Å². The molecule has 1 amide bonds. The molecular formula is C27H25ClN2O5. The summed E-state index contributed by atoms with van der Waals surface area (Å²) in [5.41, 5.74) is 5.86. The lowest BCUT2D eigenvalue weighted by molar-refractivity contribution is 0.0929. The molecule has 0 bridgehead atoms. The number of furan rings is 1. The Hall–Kier alpha value is -3.97. The summed E-state index contributed by atoms with van der Waals surface area (Å²) in [5.74, 6) is 1.26. The number of amides is 1. The molecule has 1 heterocycles.